The van der Waals surface area contributed by atoms with Crippen molar-refractivity contribution < 1.29 is 14.6 Å². The molecule has 4 nitrogen and oxygen atoms in total. The SMILES string of the molecule is O=C(c1cnc2c(c1)COc1ccccc1-2)c1cc(Cl)cc(Cl)c1O. The average Bonchev–Trinajstić information content (AvgIpc) is 2.63. The molecule has 2 aromatic carbocycles. The smallest absolute Gasteiger partial charge is 0.198 e. The van der Waals surface area contributed by atoms with Gasteiger partial charge < -0.3 is 9.84 Å². The molecular formula is C19H11Cl2NO3. The number of pyridine rings is 1. The maximum absolute atomic E-state index is 12.7. The summed E-state index contributed by atoms with van der Waals surface area (Å²) in [6, 6.07) is 12.1. The van der Waals surface area contributed by atoms with E-state index in [4.69, 9.17) is 27.9 Å². The maximum Gasteiger partial charge on any atom is 0.198 e. The van der Waals surface area contributed by atoms with Gasteiger partial charge in [0.1, 0.15) is 18.1 Å². The number of hydrogen-bond acceptors (Lipinski definition) is 4. The molecule has 1 aliphatic heterocycles. The predicted molar refractivity (Wildman–Crippen MR) is 95.6 cm³/mol. The van der Waals surface area contributed by atoms with Crippen molar-refractivity contribution >= 4 is 29.0 Å². The number of halogens is 2. The van der Waals surface area contributed by atoms with Gasteiger partial charge in [-0.3, -0.25) is 9.78 Å². The van der Waals surface area contributed by atoms with Crippen molar-refractivity contribution in [1.82, 2.24) is 4.98 Å². The molecule has 6 heteroatoms. The fourth-order valence-electron chi connectivity index (χ4n) is 2.83. The molecule has 0 saturated carbocycles. The van der Waals surface area contributed by atoms with E-state index in [1.54, 1.807) is 6.07 Å². The number of ether oxygens (including phenoxy) is 1. The van der Waals surface area contributed by atoms with Gasteiger partial charge in [-0.25, -0.2) is 0 Å². The zero-order valence-electron chi connectivity index (χ0n) is 12.8. The van der Waals surface area contributed by atoms with Gasteiger partial charge in [-0.05, 0) is 30.3 Å². The highest BCUT2D eigenvalue weighted by Crippen LogP contribution is 2.37. The lowest BCUT2D eigenvalue weighted by Crippen LogP contribution is -2.10. The molecule has 3 aromatic rings. The molecule has 0 radical (unpaired) electrons. The summed E-state index contributed by atoms with van der Waals surface area (Å²) in [5, 5.41) is 10.4. The lowest BCUT2D eigenvalue weighted by atomic mass is 9.98. The third-order valence-corrected chi connectivity index (χ3v) is 4.53. The van der Waals surface area contributed by atoms with Gasteiger partial charge in [0, 0.05) is 27.9 Å². The Balaban J connectivity index is 1.78. The van der Waals surface area contributed by atoms with Gasteiger partial charge in [0.05, 0.1) is 16.3 Å². The molecule has 0 fully saturated rings. The number of phenols is 1. The first-order valence-corrected chi connectivity index (χ1v) is 8.24. The Bertz CT molecular complexity index is 1020. The Hall–Kier alpha value is -2.56. The van der Waals surface area contributed by atoms with Crippen molar-refractivity contribution in [2.24, 2.45) is 0 Å². The molecule has 124 valence electrons. The van der Waals surface area contributed by atoms with Gasteiger partial charge in [0.2, 0.25) is 0 Å². The predicted octanol–water partition coefficient (Wildman–Crippen LogP) is 4.88. The van der Waals surface area contributed by atoms with Crippen LogP contribution in [0.25, 0.3) is 11.3 Å². The Morgan fingerprint density at radius 2 is 1.96 bits per heavy atom. The summed E-state index contributed by atoms with van der Waals surface area (Å²) in [5.41, 5.74) is 2.84. The highest BCUT2D eigenvalue weighted by molar-refractivity contribution is 6.36. The first-order chi connectivity index (χ1) is 12.0. The summed E-state index contributed by atoms with van der Waals surface area (Å²) in [6.45, 7) is 0.322. The minimum Gasteiger partial charge on any atom is -0.506 e. The molecule has 0 spiro atoms. The number of rotatable bonds is 2. The summed E-state index contributed by atoms with van der Waals surface area (Å²) in [7, 11) is 0. The first kappa shape index (κ1) is 15.9. The number of fused-ring (bicyclic) bond motifs is 3. The molecule has 0 unspecified atom stereocenters. The lowest BCUT2D eigenvalue weighted by molar-refractivity contribution is 0.103. The van der Waals surface area contributed by atoms with E-state index in [9.17, 15) is 9.90 Å². The zero-order valence-corrected chi connectivity index (χ0v) is 14.3. The van der Waals surface area contributed by atoms with Crippen LogP contribution in [0.5, 0.6) is 11.5 Å². The zero-order chi connectivity index (χ0) is 17.6. The van der Waals surface area contributed by atoms with Gasteiger partial charge in [-0.2, -0.15) is 0 Å². The van der Waals surface area contributed by atoms with Crippen LogP contribution in [0, 0.1) is 0 Å². The summed E-state index contributed by atoms with van der Waals surface area (Å²) >= 11 is 11.8. The molecule has 0 saturated heterocycles. The Morgan fingerprint density at radius 1 is 1.16 bits per heavy atom. The first-order valence-electron chi connectivity index (χ1n) is 7.48. The molecule has 25 heavy (non-hydrogen) atoms. The Labute approximate surface area is 153 Å². The van der Waals surface area contributed by atoms with Crippen LogP contribution in [0.4, 0.5) is 0 Å². The summed E-state index contributed by atoms with van der Waals surface area (Å²) in [6.07, 6.45) is 1.48. The highest BCUT2D eigenvalue weighted by atomic mass is 35.5. The number of aromatic hydroxyl groups is 1. The third-order valence-electron chi connectivity index (χ3n) is 4.03. The van der Waals surface area contributed by atoms with Crippen molar-refractivity contribution in [1.29, 1.82) is 0 Å². The molecule has 1 aromatic heterocycles. The standard InChI is InChI=1S/C19H11Cl2NO3/c20-12-6-14(19(24)15(21)7-12)18(23)10-5-11-9-25-16-4-2-1-3-13(16)17(11)22-8-10/h1-8,24H,9H2. The Kier molecular flexibility index (Phi) is 3.86. The van der Waals surface area contributed by atoms with Crippen molar-refractivity contribution in [3.05, 3.63) is 75.4 Å². The highest BCUT2D eigenvalue weighted by Gasteiger charge is 2.22. The van der Waals surface area contributed by atoms with Gasteiger partial charge in [0.25, 0.3) is 0 Å². The van der Waals surface area contributed by atoms with Crippen LogP contribution in [0.15, 0.2) is 48.7 Å². The van der Waals surface area contributed by atoms with Crippen LogP contribution in [0.3, 0.4) is 0 Å². The summed E-state index contributed by atoms with van der Waals surface area (Å²) in [4.78, 5) is 17.2. The number of hydrogen-bond donors (Lipinski definition) is 1. The third kappa shape index (κ3) is 2.73. The maximum atomic E-state index is 12.7. The minimum atomic E-state index is -0.406. The number of carbonyl (C=O) groups is 1. The normalized spacial score (nSPS) is 12.1. The molecule has 0 aliphatic carbocycles. The molecule has 2 heterocycles. The van der Waals surface area contributed by atoms with E-state index < -0.39 is 5.78 Å². The van der Waals surface area contributed by atoms with Gasteiger partial charge in [-0.1, -0.05) is 35.3 Å². The largest absolute Gasteiger partial charge is 0.506 e. The van der Waals surface area contributed by atoms with E-state index in [0.717, 1.165) is 22.6 Å². The van der Waals surface area contributed by atoms with Gasteiger partial charge >= 0.3 is 0 Å². The second-order valence-corrected chi connectivity index (χ2v) is 6.47. The van der Waals surface area contributed by atoms with Crippen molar-refractivity contribution in [3.8, 4) is 22.8 Å². The average molecular weight is 372 g/mol. The van der Waals surface area contributed by atoms with Crippen LogP contribution in [-0.2, 0) is 6.61 Å². The number of nitrogens with zero attached hydrogens (tertiary/aromatic N) is 1. The number of ketones is 1. The molecular weight excluding hydrogens is 361 g/mol. The van der Waals surface area contributed by atoms with E-state index in [1.807, 2.05) is 24.3 Å². The number of aromatic nitrogens is 1. The van der Waals surface area contributed by atoms with Gasteiger partial charge in [0.15, 0.2) is 5.78 Å². The number of benzene rings is 2. The monoisotopic (exact) mass is 371 g/mol. The molecule has 1 aliphatic rings. The van der Waals surface area contributed by atoms with Crippen molar-refractivity contribution in [2.75, 3.05) is 0 Å². The summed E-state index contributed by atoms with van der Waals surface area (Å²) < 4.78 is 5.71. The number of para-hydroxylation sites is 1. The van der Waals surface area contributed by atoms with E-state index in [-0.39, 0.29) is 21.4 Å². The van der Waals surface area contributed by atoms with Crippen LogP contribution < -0.4 is 4.74 Å². The minimum absolute atomic E-state index is 0.0269. The van der Waals surface area contributed by atoms with Crippen LogP contribution in [-0.4, -0.2) is 15.9 Å². The lowest BCUT2D eigenvalue weighted by Gasteiger charge is -2.20. The number of carbonyl (C=O) groups excluding carboxylic acids is 1. The van der Waals surface area contributed by atoms with E-state index >= 15 is 0 Å². The molecule has 4 rings (SSSR count). The summed E-state index contributed by atoms with van der Waals surface area (Å²) in [5.74, 6) is 0.0623. The van der Waals surface area contributed by atoms with Gasteiger partial charge in [-0.15, -0.1) is 0 Å². The van der Waals surface area contributed by atoms with Crippen molar-refractivity contribution in [2.45, 2.75) is 6.61 Å². The molecule has 0 amide bonds. The van der Waals surface area contributed by atoms with E-state index in [1.165, 1.54) is 18.3 Å². The number of phenolic OH excluding ortho intramolecular Hbond substituents is 1. The fourth-order valence-corrected chi connectivity index (χ4v) is 3.32. The molecule has 1 N–H and O–H groups in total. The van der Waals surface area contributed by atoms with Crippen LogP contribution in [0.1, 0.15) is 21.5 Å². The van der Waals surface area contributed by atoms with Crippen LogP contribution >= 0.6 is 23.2 Å². The topological polar surface area (TPSA) is 59.4 Å². The quantitative estimate of drug-likeness (QED) is 0.651. The van der Waals surface area contributed by atoms with Crippen LogP contribution in [0.2, 0.25) is 10.0 Å². The van der Waals surface area contributed by atoms with Crippen molar-refractivity contribution in [3.63, 3.8) is 0 Å². The molecule has 0 bridgehead atoms. The second kappa shape index (κ2) is 6.06. The fraction of sp³-hybridized carbons (Fsp3) is 0.0526. The van der Waals surface area contributed by atoms with E-state index in [0.29, 0.717) is 12.2 Å². The second-order valence-electron chi connectivity index (χ2n) is 5.63. The van der Waals surface area contributed by atoms with E-state index in [2.05, 4.69) is 4.98 Å². The molecule has 0 atom stereocenters. The Morgan fingerprint density at radius 3 is 2.80 bits per heavy atom.